The molecule has 0 atom stereocenters. The van der Waals surface area contributed by atoms with Crippen LogP contribution in [0.2, 0.25) is 5.02 Å². The highest BCUT2D eigenvalue weighted by molar-refractivity contribution is 6.33. The van der Waals surface area contributed by atoms with E-state index in [1.165, 1.54) is 7.11 Å². The standard InChI is InChI=1S/C14H15ClN2O2/c1-17-6-5-10(9-17)8-16-11-3-4-13(15)12(7-11)14(18)19-2/h3-7,9,16H,8H2,1-2H3. The predicted octanol–water partition coefficient (Wildman–Crippen LogP) is 3.08. The van der Waals surface area contributed by atoms with Gasteiger partial charge < -0.3 is 14.6 Å². The third kappa shape index (κ3) is 3.29. The van der Waals surface area contributed by atoms with E-state index >= 15 is 0 Å². The number of nitrogens with one attached hydrogen (secondary N) is 1. The molecule has 0 fully saturated rings. The minimum absolute atomic E-state index is 0.363. The van der Waals surface area contributed by atoms with Gasteiger partial charge in [0.2, 0.25) is 0 Å². The van der Waals surface area contributed by atoms with Gasteiger partial charge in [-0.1, -0.05) is 11.6 Å². The van der Waals surface area contributed by atoms with E-state index in [1.54, 1.807) is 12.1 Å². The Morgan fingerprint density at radius 2 is 2.21 bits per heavy atom. The molecule has 19 heavy (non-hydrogen) atoms. The minimum atomic E-state index is -0.437. The quantitative estimate of drug-likeness (QED) is 0.874. The molecule has 1 aromatic carbocycles. The third-order valence-corrected chi connectivity index (χ3v) is 3.09. The second kappa shape index (κ2) is 5.80. The monoisotopic (exact) mass is 278 g/mol. The summed E-state index contributed by atoms with van der Waals surface area (Å²) in [6.07, 6.45) is 4.02. The van der Waals surface area contributed by atoms with Crippen molar-refractivity contribution in [2.24, 2.45) is 7.05 Å². The van der Waals surface area contributed by atoms with Gasteiger partial charge in [-0.25, -0.2) is 4.79 Å². The van der Waals surface area contributed by atoms with Crippen molar-refractivity contribution in [1.29, 1.82) is 0 Å². The van der Waals surface area contributed by atoms with Crippen molar-refractivity contribution in [1.82, 2.24) is 4.57 Å². The fraction of sp³-hybridized carbons (Fsp3) is 0.214. The summed E-state index contributed by atoms with van der Waals surface area (Å²) in [7, 11) is 3.31. The lowest BCUT2D eigenvalue weighted by atomic mass is 10.2. The number of carbonyl (C=O) groups is 1. The maximum atomic E-state index is 11.5. The lowest BCUT2D eigenvalue weighted by Crippen LogP contribution is -2.04. The highest BCUT2D eigenvalue weighted by Gasteiger charge is 2.11. The van der Waals surface area contributed by atoms with Crippen LogP contribution in [0, 0.1) is 0 Å². The highest BCUT2D eigenvalue weighted by Crippen LogP contribution is 2.21. The van der Waals surface area contributed by atoms with Crippen LogP contribution in [0.4, 0.5) is 5.69 Å². The molecule has 0 spiro atoms. The summed E-state index contributed by atoms with van der Waals surface area (Å²) in [6.45, 7) is 0.684. The van der Waals surface area contributed by atoms with Crippen molar-refractivity contribution in [3.05, 3.63) is 52.8 Å². The molecule has 0 aliphatic rings. The summed E-state index contributed by atoms with van der Waals surface area (Å²) in [5.41, 5.74) is 2.35. The first kappa shape index (κ1) is 13.5. The van der Waals surface area contributed by atoms with Crippen LogP contribution in [0.5, 0.6) is 0 Å². The molecular formula is C14H15ClN2O2. The van der Waals surface area contributed by atoms with Gasteiger partial charge in [-0.2, -0.15) is 0 Å². The fourth-order valence-electron chi connectivity index (χ4n) is 1.77. The molecule has 1 aromatic heterocycles. The number of aromatic nitrogens is 1. The zero-order valence-corrected chi connectivity index (χ0v) is 11.6. The number of rotatable bonds is 4. The van der Waals surface area contributed by atoms with Crippen molar-refractivity contribution in [2.75, 3.05) is 12.4 Å². The molecule has 5 heteroatoms. The summed E-state index contributed by atoms with van der Waals surface area (Å²) < 4.78 is 6.67. The number of anilines is 1. The van der Waals surface area contributed by atoms with Gasteiger partial charge >= 0.3 is 5.97 Å². The van der Waals surface area contributed by atoms with Crippen molar-refractivity contribution >= 4 is 23.3 Å². The van der Waals surface area contributed by atoms with E-state index in [9.17, 15) is 4.79 Å². The number of ether oxygens (including phenoxy) is 1. The van der Waals surface area contributed by atoms with E-state index in [2.05, 4.69) is 10.1 Å². The van der Waals surface area contributed by atoms with Gasteiger partial charge in [-0.3, -0.25) is 0 Å². The Kier molecular flexibility index (Phi) is 4.12. The number of halogens is 1. The number of hydrogen-bond acceptors (Lipinski definition) is 3. The van der Waals surface area contributed by atoms with Gasteiger partial charge in [-0.05, 0) is 29.8 Å². The smallest absolute Gasteiger partial charge is 0.339 e. The zero-order chi connectivity index (χ0) is 13.8. The van der Waals surface area contributed by atoms with Crippen molar-refractivity contribution < 1.29 is 9.53 Å². The molecule has 0 radical (unpaired) electrons. The Labute approximate surface area is 116 Å². The first-order valence-corrected chi connectivity index (χ1v) is 6.20. The molecule has 0 aliphatic carbocycles. The van der Waals surface area contributed by atoms with Crippen molar-refractivity contribution in [2.45, 2.75) is 6.54 Å². The van der Waals surface area contributed by atoms with Crippen LogP contribution < -0.4 is 5.32 Å². The van der Waals surface area contributed by atoms with Crippen LogP contribution in [0.1, 0.15) is 15.9 Å². The average molecular weight is 279 g/mol. The summed E-state index contributed by atoms with van der Waals surface area (Å²) in [5.74, 6) is -0.437. The molecule has 0 unspecified atom stereocenters. The lowest BCUT2D eigenvalue weighted by Gasteiger charge is -2.08. The number of aryl methyl sites for hydroxylation is 1. The summed E-state index contributed by atoms with van der Waals surface area (Å²) in [4.78, 5) is 11.5. The molecule has 0 bridgehead atoms. The molecule has 1 N–H and O–H groups in total. The number of methoxy groups -OCH3 is 1. The molecule has 0 aliphatic heterocycles. The number of esters is 1. The minimum Gasteiger partial charge on any atom is -0.465 e. The Balaban J connectivity index is 2.10. The molecule has 2 aromatic rings. The van der Waals surface area contributed by atoms with Crippen molar-refractivity contribution in [3.8, 4) is 0 Å². The second-order valence-electron chi connectivity index (χ2n) is 4.22. The van der Waals surface area contributed by atoms with Crippen LogP contribution >= 0.6 is 11.6 Å². The molecule has 0 amide bonds. The number of benzene rings is 1. The number of carbonyl (C=O) groups excluding carboxylic acids is 1. The maximum Gasteiger partial charge on any atom is 0.339 e. The van der Waals surface area contributed by atoms with Gasteiger partial charge in [0.05, 0.1) is 17.7 Å². The molecule has 0 saturated heterocycles. The molecule has 0 saturated carbocycles. The van der Waals surface area contributed by atoms with Crippen LogP contribution in [0.3, 0.4) is 0 Å². The Bertz CT molecular complexity index is 593. The molecule has 1 heterocycles. The van der Waals surface area contributed by atoms with Crippen molar-refractivity contribution in [3.63, 3.8) is 0 Å². The van der Waals surface area contributed by atoms with Crippen LogP contribution in [-0.4, -0.2) is 17.6 Å². The molecule has 100 valence electrons. The molecule has 2 rings (SSSR count). The van der Waals surface area contributed by atoms with Gasteiger partial charge in [-0.15, -0.1) is 0 Å². The first-order chi connectivity index (χ1) is 9.10. The second-order valence-corrected chi connectivity index (χ2v) is 4.63. The lowest BCUT2D eigenvalue weighted by molar-refractivity contribution is 0.0601. The van der Waals surface area contributed by atoms with E-state index in [0.29, 0.717) is 17.1 Å². The van der Waals surface area contributed by atoms with Crippen LogP contribution in [0.25, 0.3) is 0 Å². The third-order valence-electron chi connectivity index (χ3n) is 2.76. The Morgan fingerprint density at radius 1 is 1.42 bits per heavy atom. The van der Waals surface area contributed by atoms with Crippen LogP contribution in [-0.2, 0) is 18.3 Å². The zero-order valence-electron chi connectivity index (χ0n) is 10.8. The molecule has 4 nitrogen and oxygen atoms in total. The largest absolute Gasteiger partial charge is 0.465 e. The predicted molar refractivity (Wildman–Crippen MR) is 75.5 cm³/mol. The van der Waals surface area contributed by atoms with Crippen LogP contribution in [0.15, 0.2) is 36.7 Å². The average Bonchev–Trinajstić information content (AvgIpc) is 2.83. The summed E-state index contributed by atoms with van der Waals surface area (Å²) in [6, 6.07) is 7.24. The topological polar surface area (TPSA) is 43.3 Å². The van der Waals surface area contributed by atoms with E-state index in [1.807, 2.05) is 36.1 Å². The number of hydrogen-bond donors (Lipinski definition) is 1. The summed E-state index contributed by atoms with van der Waals surface area (Å²) >= 11 is 5.96. The first-order valence-electron chi connectivity index (χ1n) is 5.82. The summed E-state index contributed by atoms with van der Waals surface area (Å²) in [5, 5.41) is 3.63. The highest BCUT2D eigenvalue weighted by atomic mass is 35.5. The Hall–Kier alpha value is -1.94. The van der Waals surface area contributed by atoms with Gasteiger partial charge in [0.25, 0.3) is 0 Å². The van der Waals surface area contributed by atoms with E-state index in [-0.39, 0.29) is 0 Å². The normalized spacial score (nSPS) is 10.3. The van der Waals surface area contributed by atoms with E-state index in [4.69, 9.17) is 11.6 Å². The van der Waals surface area contributed by atoms with Gasteiger partial charge in [0.15, 0.2) is 0 Å². The van der Waals surface area contributed by atoms with E-state index < -0.39 is 5.97 Å². The fourth-order valence-corrected chi connectivity index (χ4v) is 1.97. The Morgan fingerprint density at radius 3 is 2.84 bits per heavy atom. The maximum absolute atomic E-state index is 11.5. The van der Waals surface area contributed by atoms with Gasteiger partial charge in [0.1, 0.15) is 0 Å². The number of nitrogens with zero attached hydrogens (tertiary/aromatic N) is 1. The molecular weight excluding hydrogens is 264 g/mol. The van der Waals surface area contributed by atoms with Gasteiger partial charge in [0, 0.05) is 31.7 Å². The SMILES string of the molecule is COC(=O)c1cc(NCc2ccn(C)c2)ccc1Cl. The van der Waals surface area contributed by atoms with E-state index in [0.717, 1.165) is 11.3 Å².